The van der Waals surface area contributed by atoms with E-state index in [0.717, 1.165) is 5.56 Å². The van der Waals surface area contributed by atoms with Crippen molar-refractivity contribution in [3.05, 3.63) is 63.0 Å². The molecule has 0 amide bonds. The Morgan fingerprint density at radius 2 is 1.84 bits per heavy atom. The Balaban J connectivity index is 0.000000861. The zero-order chi connectivity index (χ0) is 14.4. The summed E-state index contributed by atoms with van der Waals surface area (Å²) in [5.74, 6) is -0.311. The number of aryl methyl sites for hydroxylation is 1. The number of nitrogens with zero attached hydrogens (tertiary/aromatic N) is 2. The summed E-state index contributed by atoms with van der Waals surface area (Å²) in [5.41, 5.74) is 1.13. The first-order valence-electron chi connectivity index (χ1n) is 6.04. The second kappa shape index (κ2) is 7.04. The molecule has 0 fully saturated rings. The fourth-order valence-electron chi connectivity index (χ4n) is 1.48. The van der Waals surface area contributed by atoms with Crippen molar-refractivity contribution in [2.75, 3.05) is 0 Å². The Morgan fingerprint density at radius 1 is 1.26 bits per heavy atom. The number of aromatic nitrogens is 2. The lowest BCUT2D eigenvalue weighted by Crippen LogP contribution is -2.24. The minimum Gasteiger partial charge on any atom is -0.279 e. The van der Waals surface area contributed by atoms with Gasteiger partial charge in [0.1, 0.15) is 5.82 Å². The van der Waals surface area contributed by atoms with Crippen molar-refractivity contribution >= 4 is 11.6 Å². The van der Waals surface area contributed by atoms with Gasteiger partial charge in [0.25, 0.3) is 5.56 Å². The molecule has 0 saturated heterocycles. The normalized spacial score (nSPS) is 9.74. The molecular formula is C14H16ClFN2O. The molecule has 0 spiro atoms. The van der Waals surface area contributed by atoms with Crippen LogP contribution in [0.2, 0.25) is 5.28 Å². The quantitative estimate of drug-likeness (QED) is 0.791. The van der Waals surface area contributed by atoms with E-state index < -0.39 is 0 Å². The highest BCUT2D eigenvalue weighted by atomic mass is 35.5. The van der Waals surface area contributed by atoms with Gasteiger partial charge in [0.05, 0.1) is 6.54 Å². The SMILES string of the molecule is CC.Cc1cnc(Cl)n(Cc2ccc(F)cc2)c1=O. The predicted molar refractivity (Wildman–Crippen MR) is 75.1 cm³/mol. The summed E-state index contributed by atoms with van der Waals surface area (Å²) in [7, 11) is 0. The lowest BCUT2D eigenvalue weighted by atomic mass is 10.2. The van der Waals surface area contributed by atoms with Gasteiger partial charge in [-0.05, 0) is 36.2 Å². The molecule has 3 nitrogen and oxygen atoms in total. The molecule has 1 heterocycles. The van der Waals surface area contributed by atoms with Crippen molar-refractivity contribution in [3.8, 4) is 0 Å². The van der Waals surface area contributed by atoms with E-state index >= 15 is 0 Å². The first-order chi connectivity index (χ1) is 9.08. The fourth-order valence-corrected chi connectivity index (χ4v) is 1.67. The van der Waals surface area contributed by atoms with Crippen LogP contribution in [-0.2, 0) is 6.54 Å². The van der Waals surface area contributed by atoms with Gasteiger partial charge in [-0.1, -0.05) is 26.0 Å². The van der Waals surface area contributed by atoms with E-state index in [1.54, 1.807) is 19.1 Å². The average molecular weight is 283 g/mol. The third-order valence-electron chi connectivity index (χ3n) is 2.42. The molecule has 2 rings (SSSR count). The van der Waals surface area contributed by atoms with Crippen LogP contribution in [0.5, 0.6) is 0 Å². The molecule has 2 aromatic rings. The molecular weight excluding hydrogens is 267 g/mol. The highest BCUT2D eigenvalue weighted by Gasteiger charge is 2.06. The highest BCUT2D eigenvalue weighted by Crippen LogP contribution is 2.08. The molecule has 0 bridgehead atoms. The van der Waals surface area contributed by atoms with Gasteiger partial charge in [0.2, 0.25) is 5.28 Å². The van der Waals surface area contributed by atoms with Crippen LogP contribution in [0.3, 0.4) is 0 Å². The molecule has 0 saturated carbocycles. The summed E-state index contributed by atoms with van der Waals surface area (Å²) in [6.45, 7) is 5.96. The number of hydrogen-bond acceptors (Lipinski definition) is 2. The third kappa shape index (κ3) is 3.89. The molecule has 0 aliphatic rings. The van der Waals surface area contributed by atoms with E-state index in [0.29, 0.717) is 5.56 Å². The van der Waals surface area contributed by atoms with Crippen molar-refractivity contribution in [1.29, 1.82) is 0 Å². The van der Waals surface area contributed by atoms with Crippen LogP contribution in [0, 0.1) is 12.7 Å². The summed E-state index contributed by atoms with van der Waals surface area (Å²) >= 11 is 5.86. The number of benzene rings is 1. The van der Waals surface area contributed by atoms with Gasteiger partial charge in [-0.15, -0.1) is 0 Å². The van der Waals surface area contributed by atoms with E-state index in [9.17, 15) is 9.18 Å². The average Bonchev–Trinajstić information content (AvgIpc) is 2.44. The maximum atomic E-state index is 12.7. The van der Waals surface area contributed by atoms with Crippen LogP contribution in [0.25, 0.3) is 0 Å². The van der Waals surface area contributed by atoms with E-state index in [1.807, 2.05) is 13.8 Å². The lowest BCUT2D eigenvalue weighted by molar-refractivity contribution is 0.625. The fraction of sp³-hybridized carbons (Fsp3) is 0.286. The van der Waals surface area contributed by atoms with Gasteiger partial charge in [-0.3, -0.25) is 9.36 Å². The van der Waals surface area contributed by atoms with Crippen LogP contribution < -0.4 is 5.56 Å². The second-order valence-corrected chi connectivity index (χ2v) is 4.07. The highest BCUT2D eigenvalue weighted by molar-refractivity contribution is 6.28. The van der Waals surface area contributed by atoms with Crippen LogP contribution in [0.15, 0.2) is 35.3 Å². The summed E-state index contributed by atoms with van der Waals surface area (Å²) in [5, 5.41) is 0.130. The Hall–Kier alpha value is -1.68. The van der Waals surface area contributed by atoms with E-state index in [2.05, 4.69) is 4.98 Å². The van der Waals surface area contributed by atoms with E-state index in [4.69, 9.17) is 11.6 Å². The van der Waals surface area contributed by atoms with Crippen LogP contribution in [-0.4, -0.2) is 9.55 Å². The molecule has 0 aliphatic heterocycles. The van der Waals surface area contributed by atoms with Crippen molar-refractivity contribution < 1.29 is 4.39 Å². The zero-order valence-corrected chi connectivity index (χ0v) is 11.9. The molecule has 0 unspecified atom stereocenters. The Morgan fingerprint density at radius 3 is 2.42 bits per heavy atom. The topological polar surface area (TPSA) is 34.9 Å². The summed E-state index contributed by atoms with van der Waals surface area (Å²) in [4.78, 5) is 15.7. The minimum atomic E-state index is -0.311. The molecule has 19 heavy (non-hydrogen) atoms. The monoisotopic (exact) mass is 282 g/mol. The smallest absolute Gasteiger partial charge is 0.257 e. The van der Waals surface area contributed by atoms with Gasteiger partial charge in [0, 0.05) is 11.8 Å². The van der Waals surface area contributed by atoms with E-state index in [1.165, 1.54) is 22.9 Å². The molecule has 5 heteroatoms. The van der Waals surface area contributed by atoms with Gasteiger partial charge >= 0.3 is 0 Å². The van der Waals surface area contributed by atoms with Gasteiger partial charge < -0.3 is 0 Å². The lowest BCUT2D eigenvalue weighted by Gasteiger charge is -2.08. The summed E-state index contributed by atoms with van der Waals surface area (Å²) in [6, 6.07) is 5.91. The Bertz CT molecular complexity index is 593. The standard InChI is InChI=1S/C12H10ClFN2O.C2H6/c1-8-6-15-12(13)16(11(8)17)7-9-2-4-10(14)5-3-9;1-2/h2-6H,7H2,1H3;1-2H3. The maximum Gasteiger partial charge on any atom is 0.257 e. The number of halogens is 2. The van der Waals surface area contributed by atoms with Crippen molar-refractivity contribution in [2.45, 2.75) is 27.3 Å². The first-order valence-corrected chi connectivity index (χ1v) is 6.42. The van der Waals surface area contributed by atoms with Crippen LogP contribution >= 0.6 is 11.6 Å². The maximum absolute atomic E-state index is 12.7. The van der Waals surface area contributed by atoms with Gasteiger partial charge in [0.15, 0.2) is 0 Å². The van der Waals surface area contributed by atoms with Gasteiger partial charge in [-0.25, -0.2) is 9.37 Å². The predicted octanol–water partition coefficient (Wildman–Crippen LogP) is 3.42. The van der Waals surface area contributed by atoms with E-state index in [-0.39, 0.29) is 23.2 Å². The molecule has 0 aliphatic carbocycles. The summed E-state index contributed by atoms with van der Waals surface area (Å²) < 4.78 is 14.1. The molecule has 0 atom stereocenters. The van der Waals surface area contributed by atoms with Crippen molar-refractivity contribution in [1.82, 2.24) is 9.55 Å². The summed E-state index contributed by atoms with van der Waals surface area (Å²) in [6.07, 6.45) is 1.44. The Kier molecular flexibility index (Phi) is 5.70. The van der Waals surface area contributed by atoms with Crippen LogP contribution in [0.4, 0.5) is 4.39 Å². The van der Waals surface area contributed by atoms with Gasteiger partial charge in [-0.2, -0.15) is 0 Å². The molecule has 0 N–H and O–H groups in total. The molecule has 1 aromatic carbocycles. The molecule has 0 radical (unpaired) electrons. The first kappa shape index (κ1) is 15.4. The minimum absolute atomic E-state index is 0.130. The molecule has 102 valence electrons. The second-order valence-electron chi connectivity index (χ2n) is 3.73. The number of rotatable bonds is 2. The largest absolute Gasteiger partial charge is 0.279 e. The number of hydrogen-bond donors (Lipinski definition) is 0. The van der Waals surface area contributed by atoms with Crippen molar-refractivity contribution in [3.63, 3.8) is 0 Å². The van der Waals surface area contributed by atoms with Crippen LogP contribution in [0.1, 0.15) is 25.0 Å². The Labute approximate surface area is 116 Å². The molecule has 1 aromatic heterocycles. The zero-order valence-electron chi connectivity index (χ0n) is 11.2. The van der Waals surface area contributed by atoms with Crippen molar-refractivity contribution in [2.24, 2.45) is 0 Å². The third-order valence-corrected chi connectivity index (χ3v) is 2.73.